The van der Waals surface area contributed by atoms with E-state index in [-0.39, 0.29) is 18.2 Å². The molecule has 0 radical (unpaired) electrons. The summed E-state index contributed by atoms with van der Waals surface area (Å²) in [6.07, 6.45) is 0.620. The van der Waals surface area contributed by atoms with Gasteiger partial charge in [-0.2, -0.15) is 0 Å². The van der Waals surface area contributed by atoms with E-state index in [2.05, 4.69) is 10.2 Å². The van der Waals surface area contributed by atoms with E-state index in [4.69, 9.17) is 23.7 Å². The van der Waals surface area contributed by atoms with Crippen molar-refractivity contribution in [2.75, 3.05) is 35.0 Å². The van der Waals surface area contributed by atoms with Crippen LogP contribution in [-0.4, -0.2) is 52.4 Å². The summed E-state index contributed by atoms with van der Waals surface area (Å²) in [5.74, 6) is 1.44. The largest absolute Gasteiger partial charge is 0.493 e. The first-order chi connectivity index (χ1) is 15.5. The van der Waals surface area contributed by atoms with Gasteiger partial charge in [-0.3, -0.25) is 0 Å². The van der Waals surface area contributed by atoms with Gasteiger partial charge in [0.15, 0.2) is 28.7 Å². The van der Waals surface area contributed by atoms with Crippen LogP contribution >= 0.6 is 0 Å². The number of nitrogens with zero attached hydrogens (tertiary/aromatic N) is 2. The monoisotopic (exact) mass is 440 g/mol. The lowest BCUT2D eigenvalue weighted by Crippen LogP contribution is -2.24. The highest BCUT2D eigenvalue weighted by molar-refractivity contribution is 6.39. The summed E-state index contributed by atoms with van der Waals surface area (Å²) in [5.41, 5.74) is 3.20. The number of carbonyl (C=O) groups excluding carboxylic acids is 1. The number of rotatable bonds is 8. The molecule has 8 nitrogen and oxygen atoms in total. The lowest BCUT2D eigenvalue weighted by molar-refractivity contribution is -0.135. The first kappa shape index (κ1) is 23.1. The summed E-state index contributed by atoms with van der Waals surface area (Å²) in [7, 11) is 6.30. The highest BCUT2D eigenvalue weighted by Gasteiger charge is 2.32. The van der Waals surface area contributed by atoms with E-state index in [9.17, 15) is 4.79 Å². The van der Waals surface area contributed by atoms with Crippen molar-refractivity contribution < 1.29 is 28.5 Å². The molecular weight excluding hydrogens is 412 g/mol. The summed E-state index contributed by atoms with van der Waals surface area (Å²) in [6, 6.07) is 9.22. The van der Waals surface area contributed by atoms with E-state index in [1.807, 2.05) is 31.2 Å². The molecule has 1 aliphatic heterocycles. The second-order valence-corrected chi connectivity index (χ2v) is 6.98. The SMILES string of the molecule is CCOC(=O)C1=NN=C(c2ccc(OC)c(OC)c2)c2cc(OC)c(OC)cc2C1CC. The van der Waals surface area contributed by atoms with Crippen molar-refractivity contribution in [3.63, 3.8) is 0 Å². The minimum absolute atomic E-state index is 0.248. The van der Waals surface area contributed by atoms with Gasteiger partial charge in [-0.1, -0.05) is 6.92 Å². The molecule has 0 fully saturated rings. The third kappa shape index (κ3) is 4.26. The number of ether oxygens (including phenoxy) is 5. The topological polar surface area (TPSA) is 87.9 Å². The van der Waals surface area contributed by atoms with Gasteiger partial charge in [-0.15, -0.1) is 10.2 Å². The third-order valence-corrected chi connectivity index (χ3v) is 5.32. The van der Waals surface area contributed by atoms with Crippen LogP contribution < -0.4 is 18.9 Å². The Morgan fingerprint density at radius 1 is 0.844 bits per heavy atom. The Balaban J connectivity index is 2.30. The van der Waals surface area contributed by atoms with Gasteiger partial charge in [-0.05, 0) is 49.2 Å². The molecule has 0 saturated carbocycles. The molecule has 1 aliphatic rings. The normalized spacial score (nSPS) is 15.0. The van der Waals surface area contributed by atoms with Crippen molar-refractivity contribution in [3.8, 4) is 23.0 Å². The molecule has 1 unspecified atom stereocenters. The predicted octanol–water partition coefficient (Wildman–Crippen LogP) is 3.98. The molecule has 0 saturated heterocycles. The molecular formula is C24H28N2O6. The van der Waals surface area contributed by atoms with E-state index in [1.54, 1.807) is 41.4 Å². The predicted molar refractivity (Wildman–Crippen MR) is 122 cm³/mol. The first-order valence-corrected chi connectivity index (χ1v) is 10.3. The summed E-state index contributed by atoms with van der Waals surface area (Å²) >= 11 is 0. The molecule has 0 aliphatic carbocycles. The number of hydrogen-bond donors (Lipinski definition) is 0. The fourth-order valence-electron chi connectivity index (χ4n) is 3.76. The Hall–Kier alpha value is -3.55. The maximum Gasteiger partial charge on any atom is 0.355 e. The van der Waals surface area contributed by atoms with Crippen LogP contribution in [0.2, 0.25) is 0 Å². The highest BCUT2D eigenvalue weighted by Crippen LogP contribution is 2.39. The molecule has 3 rings (SSSR count). The zero-order chi connectivity index (χ0) is 23.3. The van der Waals surface area contributed by atoms with Crippen LogP contribution in [0.4, 0.5) is 0 Å². The average Bonchev–Trinajstić information content (AvgIpc) is 2.98. The lowest BCUT2D eigenvalue weighted by atomic mass is 9.85. The maximum atomic E-state index is 12.7. The molecule has 32 heavy (non-hydrogen) atoms. The minimum atomic E-state index is -0.489. The van der Waals surface area contributed by atoms with Crippen LogP contribution in [0, 0.1) is 0 Å². The number of hydrogen-bond acceptors (Lipinski definition) is 8. The van der Waals surface area contributed by atoms with Gasteiger partial charge in [0.2, 0.25) is 0 Å². The zero-order valence-electron chi connectivity index (χ0n) is 19.2. The Bertz CT molecular complexity index is 1060. The van der Waals surface area contributed by atoms with Crippen molar-refractivity contribution in [2.45, 2.75) is 26.2 Å². The smallest absolute Gasteiger partial charge is 0.355 e. The van der Waals surface area contributed by atoms with Gasteiger partial charge in [-0.25, -0.2) is 4.79 Å². The highest BCUT2D eigenvalue weighted by atomic mass is 16.5. The van der Waals surface area contributed by atoms with Crippen molar-refractivity contribution in [3.05, 3.63) is 47.0 Å². The standard InChI is InChI=1S/C24H28N2O6/c1-7-15-16-12-20(30-5)21(31-6)13-17(16)22(25-26-23(15)24(27)32-8-2)14-9-10-18(28-3)19(11-14)29-4/h9-13,15H,7-8H2,1-6H3. The van der Waals surface area contributed by atoms with E-state index in [0.717, 1.165) is 16.7 Å². The number of methoxy groups -OCH3 is 4. The molecule has 1 atom stereocenters. The zero-order valence-corrected chi connectivity index (χ0v) is 19.2. The van der Waals surface area contributed by atoms with E-state index in [0.29, 0.717) is 35.1 Å². The molecule has 8 heteroatoms. The van der Waals surface area contributed by atoms with E-state index in [1.165, 1.54) is 0 Å². The quantitative estimate of drug-likeness (QED) is 0.577. The van der Waals surface area contributed by atoms with E-state index >= 15 is 0 Å². The second kappa shape index (κ2) is 10.2. The molecule has 170 valence electrons. The maximum absolute atomic E-state index is 12.7. The molecule has 2 aromatic carbocycles. The summed E-state index contributed by atoms with van der Waals surface area (Å²) in [6.45, 7) is 4.00. The Labute approximate surface area is 187 Å². The molecule has 0 bridgehead atoms. The van der Waals surface area contributed by atoms with E-state index < -0.39 is 5.97 Å². The molecule has 1 heterocycles. The fourth-order valence-corrected chi connectivity index (χ4v) is 3.76. The van der Waals surface area contributed by atoms with Crippen molar-refractivity contribution in [1.29, 1.82) is 0 Å². The number of esters is 1. The molecule has 0 N–H and O–H groups in total. The number of carbonyl (C=O) groups is 1. The lowest BCUT2D eigenvalue weighted by Gasteiger charge is -2.20. The Kier molecular flexibility index (Phi) is 7.35. The van der Waals surface area contributed by atoms with Crippen LogP contribution in [0.5, 0.6) is 23.0 Å². The second-order valence-electron chi connectivity index (χ2n) is 6.98. The number of benzene rings is 2. The van der Waals surface area contributed by atoms with Gasteiger partial charge in [0.1, 0.15) is 5.71 Å². The molecule has 2 aromatic rings. The molecule has 0 spiro atoms. The van der Waals surface area contributed by atoms with Crippen molar-refractivity contribution in [1.82, 2.24) is 0 Å². The number of fused-ring (bicyclic) bond motifs is 1. The van der Waals surface area contributed by atoms with Gasteiger partial charge < -0.3 is 23.7 Å². The summed E-state index contributed by atoms with van der Waals surface area (Å²) in [4.78, 5) is 12.7. The van der Waals surface area contributed by atoms with Crippen LogP contribution in [-0.2, 0) is 9.53 Å². The van der Waals surface area contributed by atoms with Gasteiger partial charge in [0, 0.05) is 17.0 Å². The fraction of sp³-hybridized carbons (Fsp3) is 0.375. The average molecular weight is 440 g/mol. The van der Waals surface area contributed by atoms with Crippen molar-refractivity contribution >= 4 is 17.4 Å². The van der Waals surface area contributed by atoms with Gasteiger partial charge in [0.05, 0.1) is 35.0 Å². The first-order valence-electron chi connectivity index (χ1n) is 10.3. The van der Waals surface area contributed by atoms with Crippen molar-refractivity contribution in [2.24, 2.45) is 10.2 Å². The Morgan fingerprint density at radius 3 is 2.06 bits per heavy atom. The van der Waals surface area contributed by atoms with Gasteiger partial charge >= 0.3 is 5.97 Å². The molecule has 0 aromatic heterocycles. The van der Waals surface area contributed by atoms with Gasteiger partial charge in [0.25, 0.3) is 0 Å². The van der Waals surface area contributed by atoms with Crippen LogP contribution in [0.25, 0.3) is 0 Å². The third-order valence-electron chi connectivity index (χ3n) is 5.32. The Morgan fingerprint density at radius 2 is 1.47 bits per heavy atom. The van der Waals surface area contributed by atoms with Crippen LogP contribution in [0.15, 0.2) is 40.5 Å². The molecule has 0 amide bonds. The minimum Gasteiger partial charge on any atom is -0.493 e. The van der Waals surface area contributed by atoms with Crippen LogP contribution in [0.1, 0.15) is 42.9 Å². The summed E-state index contributed by atoms with van der Waals surface area (Å²) < 4.78 is 27.2. The van der Waals surface area contributed by atoms with Crippen LogP contribution in [0.3, 0.4) is 0 Å². The summed E-state index contributed by atoms with van der Waals surface area (Å²) in [5, 5.41) is 8.84.